The number of esters is 2. The van der Waals surface area contributed by atoms with Gasteiger partial charge in [0.15, 0.2) is 0 Å². The van der Waals surface area contributed by atoms with Crippen LogP contribution in [0.15, 0.2) is 84.9 Å². The molecule has 3 aromatic carbocycles. The fourth-order valence-electron chi connectivity index (χ4n) is 4.45. The van der Waals surface area contributed by atoms with Crippen molar-refractivity contribution >= 4 is 42.1 Å². The minimum Gasteiger partial charge on any atom is -0.460 e. The molecule has 38 heavy (non-hydrogen) atoms. The quantitative estimate of drug-likeness (QED) is 0.184. The Morgan fingerprint density at radius 1 is 0.816 bits per heavy atom. The van der Waals surface area contributed by atoms with E-state index in [2.05, 4.69) is 24.3 Å². The highest BCUT2D eigenvalue weighted by Crippen LogP contribution is 2.34. The highest BCUT2D eigenvalue weighted by molar-refractivity contribution is 7.80. The van der Waals surface area contributed by atoms with Crippen LogP contribution in [0.5, 0.6) is 0 Å². The smallest absolute Gasteiger partial charge is 0.339 e. The summed E-state index contributed by atoms with van der Waals surface area (Å²) in [4.78, 5) is 37.6. The lowest BCUT2D eigenvalue weighted by Crippen LogP contribution is -2.36. The van der Waals surface area contributed by atoms with Crippen LogP contribution in [0.25, 0.3) is 0 Å². The maximum Gasteiger partial charge on any atom is 0.339 e. The van der Waals surface area contributed by atoms with Crippen LogP contribution < -0.4 is 15.9 Å². The van der Waals surface area contributed by atoms with Crippen molar-refractivity contribution < 1.29 is 23.9 Å². The summed E-state index contributed by atoms with van der Waals surface area (Å²) in [5.41, 5.74) is -0.123. The third-order valence-electron chi connectivity index (χ3n) is 6.14. The molecule has 3 atom stereocenters. The number of hydrogen-bond donors (Lipinski definition) is 0. The van der Waals surface area contributed by atoms with E-state index in [0.717, 1.165) is 22.2 Å². The maximum absolute atomic E-state index is 13.8. The maximum atomic E-state index is 13.8. The van der Waals surface area contributed by atoms with Gasteiger partial charge in [0.05, 0.1) is 12.0 Å². The molecule has 0 aliphatic rings. The molecule has 0 N–H and O–H groups in total. The van der Waals surface area contributed by atoms with Crippen molar-refractivity contribution in [1.29, 1.82) is 0 Å². The lowest BCUT2D eigenvalue weighted by Gasteiger charge is -2.30. The van der Waals surface area contributed by atoms with E-state index >= 15 is 0 Å². The monoisotopic (exact) mass is 532 g/mol. The number of benzene rings is 3. The van der Waals surface area contributed by atoms with Gasteiger partial charge in [-0.3, -0.25) is 4.79 Å². The van der Waals surface area contributed by atoms with Crippen LogP contribution in [0.1, 0.15) is 57.8 Å². The summed E-state index contributed by atoms with van der Waals surface area (Å²) in [7, 11) is -1.02. The molecule has 3 aromatic rings. The van der Waals surface area contributed by atoms with Crippen LogP contribution in [-0.4, -0.2) is 29.9 Å². The first-order valence-corrected chi connectivity index (χ1v) is 14.3. The van der Waals surface area contributed by atoms with Crippen molar-refractivity contribution in [2.45, 2.75) is 59.2 Å². The number of rotatable bonds is 11. The molecular weight excluding hydrogens is 495 g/mol. The Kier molecular flexibility index (Phi) is 10.4. The standard InChI is InChI=1S/C32H37O5P/c1-23(20-21-33)30(24(2)22-29(34)37-32(3,4)5)36-31(35)27-18-12-13-19-28(27)38(25-14-8-6-9-15-25)26-16-10-7-11-17-26/h6-19,21,23-24,30H,20,22H2,1-5H3/t23-,24+,30?/m1/s1. The van der Waals surface area contributed by atoms with E-state index in [9.17, 15) is 14.4 Å². The van der Waals surface area contributed by atoms with Gasteiger partial charge in [0.2, 0.25) is 0 Å². The first-order chi connectivity index (χ1) is 18.1. The van der Waals surface area contributed by atoms with Gasteiger partial charge < -0.3 is 14.3 Å². The summed E-state index contributed by atoms with van der Waals surface area (Å²) in [6, 6.07) is 27.8. The first-order valence-electron chi connectivity index (χ1n) is 13.0. The second-order valence-electron chi connectivity index (χ2n) is 10.5. The molecule has 5 nitrogen and oxygen atoms in total. The highest BCUT2D eigenvalue weighted by atomic mass is 31.1. The van der Waals surface area contributed by atoms with Crippen molar-refractivity contribution in [3.63, 3.8) is 0 Å². The Morgan fingerprint density at radius 3 is 1.87 bits per heavy atom. The zero-order chi connectivity index (χ0) is 27.7. The van der Waals surface area contributed by atoms with E-state index in [0.29, 0.717) is 5.56 Å². The molecular formula is C32H37O5P. The zero-order valence-corrected chi connectivity index (χ0v) is 23.7. The molecule has 0 aliphatic heterocycles. The number of carbonyl (C=O) groups excluding carboxylic acids is 3. The Morgan fingerprint density at radius 2 is 1.34 bits per heavy atom. The highest BCUT2D eigenvalue weighted by Gasteiger charge is 2.32. The Balaban J connectivity index is 1.95. The molecule has 200 valence electrons. The SMILES string of the molecule is C[C@H](CC=O)C(OC(=O)c1ccccc1P(c1ccccc1)c1ccccc1)[C@@H](C)CC(=O)OC(C)(C)C. The molecule has 1 unspecified atom stereocenters. The molecule has 0 heterocycles. The summed E-state index contributed by atoms with van der Waals surface area (Å²) in [6.45, 7) is 9.17. The fraction of sp³-hybridized carbons (Fsp3) is 0.344. The number of ether oxygens (including phenoxy) is 2. The van der Waals surface area contributed by atoms with E-state index in [4.69, 9.17) is 9.47 Å². The van der Waals surface area contributed by atoms with Crippen molar-refractivity contribution in [2.75, 3.05) is 0 Å². The molecule has 0 amide bonds. The molecule has 0 saturated carbocycles. The van der Waals surface area contributed by atoms with Gasteiger partial charge in [-0.2, -0.15) is 0 Å². The van der Waals surface area contributed by atoms with Crippen LogP contribution >= 0.6 is 7.92 Å². The van der Waals surface area contributed by atoms with Gasteiger partial charge in [-0.25, -0.2) is 4.79 Å². The average Bonchev–Trinajstić information content (AvgIpc) is 2.88. The van der Waals surface area contributed by atoms with Crippen LogP contribution in [-0.2, 0) is 19.1 Å². The first kappa shape index (κ1) is 29.3. The van der Waals surface area contributed by atoms with Crippen LogP contribution in [0.3, 0.4) is 0 Å². The minimum atomic E-state index is -1.02. The summed E-state index contributed by atoms with van der Waals surface area (Å²) in [6.07, 6.45) is 0.497. The molecule has 0 radical (unpaired) electrons. The number of hydrogen-bond acceptors (Lipinski definition) is 5. The van der Waals surface area contributed by atoms with Gasteiger partial charge in [0.25, 0.3) is 0 Å². The Bertz CT molecular complexity index is 1160. The minimum absolute atomic E-state index is 0.0841. The predicted molar refractivity (Wildman–Crippen MR) is 154 cm³/mol. The molecule has 3 rings (SSSR count). The van der Waals surface area contributed by atoms with Gasteiger partial charge in [0.1, 0.15) is 18.0 Å². The molecule has 0 fully saturated rings. The normalized spacial score (nSPS) is 13.8. The third-order valence-corrected chi connectivity index (χ3v) is 8.64. The van der Waals surface area contributed by atoms with E-state index in [-0.39, 0.29) is 30.6 Å². The molecule has 0 spiro atoms. The van der Waals surface area contributed by atoms with Crippen LogP contribution in [0, 0.1) is 11.8 Å². The summed E-state index contributed by atoms with van der Waals surface area (Å²) >= 11 is 0. The topological polar surface area (TPSA) is 69.7 Å². The van der Waals surface area contributed by atoms with Crippen LogP contribution in [0.4, 0.5) is 0 Å². The summed E-state index contributed by atoms with van der Waals surface area (Å²) < 4.78 is 11.6. The lowest BCUT2D eigenvalue weighted by molar-refractivity contribution is -0.157. The van der Waals surface area contributed by atoms with Crippen molar-refractivity contribution in [3.8, 4) is 0 Å². The number of aldehydes is 1. The van der Waals surface area contributed by atoms with Crippen LogP contribution in [0.2, 0.25) is 0 Å². The second kappa shape index (κ2) is 13.5. The van der Waals surface area contributed by atoms with E-state index in [1.54, 1.807) is 6.07 Å². The summed E-state index contributed by atoms with van der Waals surface area (Å²) in [5.74, 6) is -1.41. The fourth-order valence-corrected chi connectivity index (χ4v) is 6.89. The second-order valence-corrected chi connectivity index (χ2v) is 12.7. The van der Waals surface area contributed by atoms with Gasteiger partial charge >= 0.3 is 11.9 Å². The Hall–Kier alpha value is -3.30. The molecule has 0 bridgehead atoms. The summed E-state index contributed by atoms with van der Waals surface area (Å²) in [5, 5.41) is 3.14. The third kappa shape index (κ3) is 8.10. The van der Waals surface area contributed by atoms with Crippen molar-refractivity contribution in [1.82, 2.24) is 0 Å². The predicted octanol–water partition coefficient (Wildman–Crippen LogP) is 5.56. The van der Waals surface area contributed by atoms with E-state index < -0.39 is 25.6 Å². The lowest BCUT2D eigenvalue weighted by atomic mass is 9.89. The molecule has 0 aromatic heterocycles. The molecule has 0 saturated heterocycles. The van der Waals surface area contributed by atoms with Gasteiger partial charge in [-0.05, 0) is 50.7 Å². The van der Waals surface area contributed by atoms with E-state index in [1.807, 2.05) is 89.2 Å². The average molecular weight is 533 g/mol. The van der Waals surface area contributed by atoms with Gasteiger partial charge in [0, 0.05) is 18.3 Å². The molecule has 6 heteroatoms. The molecule has 0 aliphatic carbocycles. The van der Waals surface area contributed by atoms with Gasteiger partial charge in [-0.15, -0.1) is 0 Å². The van der Waals surface area contributed by atoms with Crippen molar-refractivity contribution in [2.24, 2.45) is 11.8 Å². The Labute approximate surface area is 227 Å². The largest absolute Gasteiger partial charge is 0.460 e. The van der Waals surface area contributed by atoms with E-state index in [1.165, 1.54) is 0 Å². The van der Waals surface area contributed by atoms with Crippen molar-refractivity contribution in [3.05, 3.63) is 90.5 Å². The zero-order valence-electron chi connectivity index (χ0n) is 22.8. The number of carbonyl (C=O) groups is 3. The van der Waals surface area contributed by atoms with Gasteiger partial charge in [-0.1, -0.05) is 92.7 Å².